The SMILES string of the molecule is CCCC(=O)Nc1cccc([C@@H]2OC(=O)N(Cc3cccc(Cl)c3)[C@@H]2C(=O)NCc2ccco2)c1. The number of hydrogen-bond donors (Lipinski definition) is 2. The molecule has 1 saturated heterocycles. The van der Waals surface area contributed by atoms with E-state index in [1.807, 2.05) is 13.0 Å². The Morgan fingerprint density at radius 2 is 1.91 bits per heavy atom. The summed E-state index contributed by atoms with van der Waals surface area (Å²) in [6.45, 7) is 2.23. The van der Waals surface area contributed by atoms with Crippen LogP contribution in [0.15, 0.2) is 71.3 Å². The molecule has 2 heterocycles. The Labute approximate surface area is 208 Å². The zero-order valence-corrected chi connectivity index (χ0v) is 20.0. The van der Waals surface area contributed by atoms with Gasteiger partial charge in [-0.3, -0.25) is 14.5 Å². The van der Waals surface area contributed by atoms with Crippen molar-refractivity contribution in [2.24, 2.45) is 0 Å². The molecule has 0 saturated carbocycles. The Morgan fingerprint density at radius 3 is 2.66 bits per heavy atom. The Balaban J connectivity index is 1.61. The van der Waals surface area contributed by atoms with E-state index >= 15 is 0 Å². The molecule has 1 aromatic heterocycles. The van der Waals surface area contributed by atoms with Crippen molar-refractivity contribution in [2.45, 2.75) is 45.0 Å². The van der Waals surface area contributed by atoms with E-state index in [0.29, 0.717) is 28.5 Å². The zero-order valence-electron chi connectivity index (χ0n) is 19.2. The summed E-state index contributed by atoms with van der Waals surface area (Å²) in [7, 11) is 0. The first-order chi connectivity index (χ1) is 16.9. The summed E-state index contributed by atoms with van der Waals surface area (Å²) in [6.07, 6.45) is 1.15. The van der Waals surface area contributed by atoms with Crippen molar-refractivity contribution >= 4 is 35.2 Å². The number of anilines is 1. The van der Waals surface area contributed by atoms with Gasteiger partial charge in [0.1, 0.15) is 5.76 Å². The van der Waals surface area contributed by atoms with E-state index < -0.39 is 18.2 Å². The maximum Gasteiger partial charge on any atom is 0.411 e. The van der Waals surface area contributed by atoms with E-state index in [1.54, 1.807) is 54.6 Å². The topological polar surface area (TPSA) is 101 Å². The van der Waals surface area contributed by atoms with Crippen molar-refractivity contribution in [3.63, 3.8) is 0 Å². The molecule has 9 heteroatoms. The first-order valence-corrected chi connectivity index (χ1v) is 11.7. The van der Waals surface area contributed by atoms with Crippen LogP contribution in [0.5, 0.6) is 0 Å². The number of cyclic esters (lactones) is 1. The van der Waals surface area contributed by atoms with Crippen molar-refractivity contribution in [1.29, 1.82) is 0 Å². The smallest absolute Gasteiger partial charge is 0.411 e. The molecule has 1 aliphatic rings. The summed E-state index contributed by atoms with van der Waals surface area (Å²) in [5.41, 5.74) is 1.93. The van der Waals surface area contributed by atoms with Gasteiger partial charge in [0.25, 0.3) is 0 Å². The predicted molar refractivity (Wildman–Crippen MR) is 131 cm³/mol. The van der Waals surface area contributed by atoms with Crippen LogP contribution in [0.1, 0.15) is 42.8 Å². The third-order valence-corrected chi connectivity index (χ3v) is 5.82. The lowest BCUT2D eigenvalue weighted by Crippen LogP contribution is -2.46. The molecule has 1 aliphatic heterocycles. The van der Waals surface area contributed by atoms with Gasteiger partial charge in [-0.05, 0) is 53.9 Å². The predicted octanol–water partition coefficient (Wildman–Crippen LogP) is 5.05. The van der Waals surface area contributed by atoms with Gasteiger partial charge in [-0.1, -0.05) is 42.8 Å². The maximum atomic E-state index is 13.4. The van der Waals surface area contributed by atoms with E-state index in [4.69, 9.17) is 20.8 Å². The van der Waals surface area contributed by atoms with Gasteiger partial charge in [-0.25, -0.2) is 4.79 Å². The number of furan rings is 1. The van der Waals surface area contributed by atoms with Crippen LogP contribution in [0.25, 0.3) is 0 Å². The number of ether oxygens (including phenoxy) is 1. The van der Waals surface area contributed by atoms with Gasteiger partial charge in [0.15, 0.2) is 12.1 Å². The fourth-order valence-electron chi connectivity index (χ4n) is 3.98. The minimum Gasteiger partial charge on any atom is -0.467 e. The molecule has 4 rings (SSSR count). The van der Waals surface area contributed by atoms with Crippen molar-refractivity contribution in [3.8, 4) is 0 Å². The first kappa shape index (κ1) is 24.3. The quantitative estimate of drug-likeness (QED) is 0.432. The zero-order chi connectivity index (χ0) is 24.8. The van der Waals surface area contributed by atoms with Crippen LogP contribution in [0.2, 0.25) is 5.02 Å². The first-order valence-electron chi connectivity index (χ1n) is 11.4. The summed E-state index contributed by atoms with van der Waals surface area (Å²) >= 11 is 6.12. The summed E-state index contributed by atoms with van der Waals surface area (Å²) in [6, 6.07) is 16.6. The number of halogens is 1. The van der Waals surface area contributed by atoms with Crippen molar-refractivity contribution < 1.29 is 23.5 Å². The molecule has 2 aromatic carbocycles. The highest BCUT2D eigenvalue weighted by atomic mass is 35.5. The van der Waals surface area contributed by atoms with E-state index in [1.165, 1.54) is 11.2 Å². The number of nitrogens with zero attached hydrogens (tertiary/aromatic N) is 1. The number of nitrogens with one attached hydrogen (secondary N) is 2. The molecular formula is C26H26ClN3O5. The average Bonchev–Trinajstić information content (AvgIpc) is 3.46. The Morgan fingerprint density at radius 1 is 1.09 bits per heavy atom. The number of carbonyl (C=O) groups is 3. The lowest BCUT2D eigenvalue weighted by Gasteiger charge is -2.24. The summed E-state index contributed by atoms with van der Waals surface area (Å²) in [5, 5.41) is 6.21. The van der Waals surface area contributed by atoms with Crippen LogP contribution in [-0.2, 0) is 27.4 Å². The van der Waals surface area contributed by atoms with E-state index in [-0.39, 0.29) is 24.9 Å². The highest BCUT2D eigenvalue weighted by molar-refractivity contribution is 6.30. The van der Waals surface area contributed by atoms with E-state index in [2.05, 4.69) is 10.6 Å². The Hall–Kier alpha value is -3.78. The van der Waals surface area contributed by atoms with Crippen LogP contribution in [0.4, 0.5) is 10.5 Å². The van der Waals surface area contributed by atoms with Crippen LogP contribution < -0.4 is 10.6 Å². The molecule has 2 atom stereocenters. The molecule has 0 spiro atoms. The molecule has 0 radical (unpaired) electrons. The van der Waals surface area contributed by atoms with Gasteiger partial charge < -0.3 is 19.8 Å². The highest BCUT2D eigenvalue weighted by Gasteiger charge is 2.47. The summed E-state index contributed by atoms with van der Waals surface area (Å²) in [5.74, 6) is 0.0882. The molecule has 0 aliphatic carbocycles. The van der Waals surface area contributed by atoms with Gasteiger partial charge in [-0.15, -0.1) is 0 Å². The van der Waals surface area contributed by atoms with Crippen molar-refractivity contribution in [2.75, 3.05) is 5.32 Å². The van der Waals surface area contributed by atoms with Crippen molar-refractivity contribution in [3.05, 3.63) is 88.8 Å². The summed E-state index contributed by atoms with van der Waals surface area (Å²) < 4.78 is 11.0. The number of benzene rings is 2. The third kappa shape index (κ3) is 6.02. The lowest BCUT2D eigenvalue weighted by molar-refractivity contribution is -0.126. The standard InChI is InChI=1S/C26H26ClN3O5/c1-2-6-22(31)29-20-10-4-8-18(14-20)24-23(25(32)28-15-21-11-5-12-34-21)30(26(33)35-24)16-17-7-3-9-19(27)13-17/h3-5,7-14,23-24H,2,6,15-16H2,1H3,(H,28,32)(H,29,31)/t23-,24-/m0/s1. The van der Waals surface area contributed by atoms with Crippen LogP contribution in [0, 0.1) is 0 Å². The van der Waals surface area contributed by atoms with E-state index in [9.17, 15) is 14.4 Å². The second-order valence-electron chi connectivity index (χ2n) is 8.23. The largest absolute Gasteiger partial charge is 0.467 e. The molecular weight excluding hydrogens is 470 g/mol. The molecule has 8 nitrogen and oxygen atoms in total. The molecule has 182 valence electrons. The minimum atomic E-state index is -0.946. The number of rotatable bonds is 9. The van der Waals surface area contributed by atoms with Gasteiger partial charge in [0.2, 0.25) is 11.8 Å². The molecule has 3 aromatic rings. The molecule has 2 N–H and O–H groups in total. The van der Waals surface area contributed by atoms with Gasteiger partial charge in [0, 0.05) is 17.1 Å². The Bertz CT molecular complexity index is 1200. The minimum absolute atomic E-state index is 0.108. The molecule has 0 bridgehead atoms. The number of carbonyl (C=O) groups excluding carboxylic acids is 3. The lowest BCUT2D eigenvalue weighted by atomic mass is 10.00. The van der Waals surface area contributed by atoms with Crippen LogP contribution >= 0.6 is 11.6 Å². The highest BCUT2D eigenvalue weighted by Crippen LogP contribution is 2.35. The number of amides is 3. The van der Waals surface area contributed by atoms with Crippen LogP contribution in [0.3, 0.4) is 0 Å². The van der Waals surface area contributed by atoms with Gasteiger partial charge >= 0.3 is 6.09 Å². The average molecular weight is 496 g/mol. The van der Waals surface area contributed by atoms with E-state index in [0.717, 1.165) is 12.0 Å². The second-order valence-corrected chi connectivity index (χ2v) is 8.66. The second kappa shape index (κ2) is 11.1. The Kier molecular flexibility index (Phi) is 7.72. The number of hydrogen-bond acceptors (Lipinski definition) is 5. The van der Waals surface area contributed by atoms with Crippen molar-refractivity contribution in [1.82, 2.24) is 10.2 Å². The van der Waals surface area contributed by atoms with Gasteiger partial charge in [0.05, 0.1) is 19.4 Å². The molecule has 0 unspecified atom stereocenters. The monoisotopic (exact) mass is 495 g/mol. The fraction of sp³-hybridized carbons (Fsp3) is 0.269. The molecule has 35 heavy (non-hydrogen) atoms. The third-order valence-electron chi connectivity index (χ3n) is 5.59. The normalized spacial score (nSPS) is 17.2. The maximum absolute atomic E-state index is 13.4. The molecule has 3 amide bonds. The summed E-state index contributed by atoms with van der Waals surface area (Å²) in [4.78, 5) is 39.8. The van der Waals surface area contributed by atoms with Gasteiger partial charge in [-0.2, -0.15) is 0 Å². The molecule has 1 fully saturated rings. The fourth-order valence-corrected chi connectivity index (χ4v) is 4.19. The van der Waals surface area contributed by atoms with Crippen LogP contribution in [-0.4, -0.2) is 28.8 Å².